The minimum Gasteiger partial charge on any atom is -0.462 e. The first-order valence-electron chi connectivity index (χ1n) is 37.2. The first-order valence-corrected chi connectivity index (χ1v) is 40.2. The topological polar surface area (TPSA) is 237 Å². The van der Waals surface area contributed by atoms with E-state index in [1.54, 1.807) is 0 Å². The van der Waals surface area contributed by atoms with E-state index in [4.69, 9.17) is 37.0 Å². The molecular weight excluding hydrogens is 1200 g/mol. The average Bonchev–Trinajstić information content (AvgIpc) is 3.30. The van der Waals surface area contributed by atoms with Crippen molar-refractivity contribution in [1.82, 2.24) is 0 Å². The Kier molecular flexibility index (Phi) is 60.3. The molecule has 0 radical (unpaired) electrons. The Morgan fingerprint density at radius 3 is 0.780 bits per heavy atom. The van der Waals surface area contributed by atoms with E-state index in [-0.39, 0.29) is 25.7 Å². The molecular formula is C72H140O17P2. The molecule has 91 heavy (non-hydrogen) atoms. The summed E-state index contributed by atoms with van der Waals surface area (Å²) >= 11 is 0. The Hall–Kier alpha value is -1.94. The van der Waals surface area contributed by atoms with Crippen LogP contribution in [0, 0.1) is 23.7 Å². The number of unbranched alkanes of at least 4 members (excludes halogenated alkanes) is 34. The molecule has 0 aliphatic rings. The van der Waals surface area contributed by atoms with Crippen LogP contribution in [-0.2, 0) is 65.4 Å². The zero-order valence-corrected chi connectivity index (χ0v) is 61.3. The fraction of sp³-hybridized carbons (Fsp3) is 0.944. The first-order chi connectivity index (χ1) is 43.6. The Morgan fingerprint density at radius 2 is 0.527 bits per heavy atom. The zero-order valence-electron chi connectivity index (χ0n) is 59.5. The van der Waals surface area contributed by atoms with Gasteiger partial charge < -0.3 is 33.8 Å². The van der Waals surface area contributed by atoms with Gasteiger partial charge in [-0.05, 0) is 49.4 Å². The van der Waals surface area contributed by atoms with Crippen LogP contribution in [0.5, 0.6) is 0 Å². The maximum atomic E-state index is 13.0. The van der Waals surface area contributed by atoms with Crippen molar-refractivity contribution in [3.8, 4) is 0 Å². The van der Waals surface area contributed by atoms with Gasteiger partial charge in [0.2, 0.25) is 0 Å². The van der Waals surface area contributed by atoms with E-state index < -0.39 is 97.5 Å². The van der Waals surface area contributed by atoms with Crippen LogP contribution in [-0.4, -0.2) is 96.7 Å². The maximum absolute atomic E-state index is 13.0. The van der Waals surface area contributed by atoms with E-state index in [1.807, 2.05) is 0 Å². The number of carbonyl (C=O) groups excluding carboxylic acids is 4. The Balaban J connectivity index is 5.26. The molecule has 0 aromatic carbocycles. The molecule has 0 rings (SSSR count). The summed E-state index contributed by atoms with van der Waals surface area (Å²) < 4.78 is 68.4. The van der Waals surface area contributed by atoms with Crippen LogP contribution < -0.4 is 0 Å². The minimum absolute atomic E-state index is 0.105. The predicted octanol–water partition coefficient (Wildman–Crippen LogP) is 20.5. The monoisotopic (exact) mass is 1340 g/mol. The number of hydrogen-bond acceptors (Lipinski definition) is 15. The summed E-state index contributed by atoms with van der Waals surface area (Å²) in [5.74, 6) is 0.904. The van der Waals surface area contributed by atoms with E-state index >= 15 is 0 Å². The lowest BCUT2D eigenvalue weighted by atomic mass is 9.99. The van der Waals surface area contributed by atoms with Gasteiger partial charge in [0.25, 0.3) is 0 Å². The summed E-state index contributed by atoms with van der Waals surface area (Å²) in [7, 11) is -9.91. The minimum atomic E-state index is -4.95. The third-order valence-electron chi connectivity index (χ3n) is 16.9. The van der Waals surface area contributed by atoms with Gasteiger partial charge in [-0.15, -0.1) is 0 Å². The van der Waals surface area contributed by atoms with Crippen molar-refractivity contribution in [3.05, 3.63) is 0 Å². The first kappa shape index (κ1) is 89.1. The number of carbonyl (C=O) groups is 4. The van der Waals surface area contributed by atoms with Crippen molar-refractivity contribution in [2.75, 3.05) is 39.6 Å². The summed E-state index contributed by atoms with van der Waals surface area (Å²) in [6, 6.07) is 0. The van der Waals surface area contributed by atoms with Gasteiger partial charge in [-0.25, -0.2) is 9.13 Å². The molecule has 0 saturated carbocycles. The molecule has 0 aromatic heterocycles. The highest BCUT2D eigenvalue weighted by molar-refractivity contribution is 7.47. The number of aliphatic hydroxyl groups is 1. The van der Waals surface area contributed by atoms with Gasteiger partial charge in [0.05, 0.1) is 26.4 Å². The molecule has 0 fully saturated rings. The molecule has 0 aliphatic heterocycles. The number of ether oxygens (including phenoxy) is 4. The van der Waals surface area contributed by atoms with Gasteiger partial charge in [0, 0.05) is 25.7 Å². The van der Waals surface area contributed by atoms with Crippen molar-refractivity contribution < 1.29 is 80.2 Å². The Bertz CT molecular complexity index is 1800. The highest BCUT2D eigenvalue weighted by Crippen LogP contribution is 2.45. The summed E-state index contributed by atoms with van der Waals surface area (Å²) in [6.07, 6.45) is 44.4. The quantitative estimate of drug-likeness (QED) is 0.0222. The molecule has 6 atom stereocenters. The highest BCUT2D eigenvalue weighted by Gasteiger charge is 2.30. The third-order valence-corrected chi connectivity index (χ3v) is 18.8. The second-order valence-corrected chi connectivity index (χ2v) is 30.6. The van der Waals surface area contributed by atoms with E-state index in [1.165, 1.54) is 154 Å². The van der Waals surface area contributed by atoms with Gasteiger partial charge >= 0.3 is 39.5 Å². The maximum Gasteiger partial charge on any atom is 0.472 e. The van der Waals surface area contributed by atoms with Gasteiger partial charge in [-0.3, -0.25) is 37.3 Å². The van der Waals surface area contributed by atoms with Gasteiger partial charge in [0.15, 0.2) is 12.2 Å². The van der Waals surface area contributed by atoms with Gasteiger partial charge in [-0.2, -0.15) is 0 Å². The SMILES string of the molecule is CCC(C)CCCCCCCCCCCCC(=O)O[C@H](COC(=O)CCCCCCCCCC(C)C)COP(=O)(O)OCC(O)COP(=O)(O)OC[C@@H](COC(=O)CCCCCCCCCCCCCC(C)C)OC(=O)CCCCCCCCCCCCC(C)C. The van der Waals surface area contributed by atoms with Crippen LogP contribution in [0.15, 0.2) is 0 Å². The number of hydrogen-bond donors (Lipinski definition) is 3. The molecule has 0 aromatic rings. The molecule has 0 spiro atoms. The van der Waals surface area contributed by atoms with Crippen LogP contribution >= 0.6 is 15.6 Å². The van der Waals surface area contributed by atoms with Crippen molar-refractivity contribution in [2.45, 2.75) is 375 Å². The zero-order chi connectivity index (χ0) is 67.5. The normalized spacial score (nSPS) is 14.5. The molecule has 0 aliphatic carbocycles. The van der Waals surface area contributed by atoms with Crippen molar-refractivity contribution >= 4 is 39.5 Å². The van der Waals surface area contributed by atoms with Gasteiger partial charge in [-0.1, -0.05) is 306 Å². The molecule has 3 N–H and O–H groups in total. The number of rotatable bonds is 69. The molecule has 17 nitrogen and oxygen atoms in total. The number of phosphoric ester groups is 2. The summed E-state index contributed by atoms with van der Waals surface area (Å²) in [6.45, 7) is 14.1. The molecule has 0 saturated heterocycles. The largest absolute Gasteiger partial charge is 0.472 e. The van der Waals surface area contributed by atoms with E-state index in [9.17, 15) is 43.2 Å². The predicted molar refractivity (Wildman–Crippen MR) is 367 cm³/mol. The molecule has 0 bridgehead atoms. The van der Waals surface area contributed by atoms with Crippen LogP contribution in [0.4, 0.5) is 0 Å². The lowest BCUT2D eigenvalue weighted by molar-refractivity contribution is -0.161. The smallest absolute Gasteiger partial charge is 0.462 e. The Morgan fingerprint density at radius 1 is 0.308 bits per heavy atom. The number of esters is 4. The van der Waals surface area contributed by atoms with Crippen LogP contribution in [0.3, 0.4) is 0 Å². The van der Waals surface area contributed by atoms with Crippen LogP contribution in [0.2, 0.25) is 0 Å². The van der Waals surface area contributed by atoms with E-state index in [0.29, 0.717) is 31.6 Å². The molecule has 4 unspecified atom stereocenters. The summed E-state index contributed by atoms with van der Waals surface area (Å²) in [5.41, 5.74) is 0. The van der Waals surface area contributed by atoms with Crippen molar-refractivity contribution in [2.24, 2.45) is 23.7 Å². The fourth-order valence-electron chi connectivity index (χ4n) is 10.8. The second kappa shape index (κ2) is 61.6. The van der Waals surface area contributed by atoms with E-state index in [2.05, 4.69) is 55.4 Å². The summed E-state index contributed by atoms with van der Waals surface area (Å²) in [5, 5.41) is 10.6. The summed E-state index contributed by atoms with van der Waals surface area (Å²) in [4.78, 5) is 72.6. The fourth-order valence-corrected chi connectivity index (χ4v) is 12.4. The van der Waals surface area contributed by atoms with E-state index in [0.717, 1.165) is 114 Å². The second-order valence-electron chi connectivity index (χ2n) is 27.6. The number of aliphatic hydroxyl groups excluding tert-OH is 1. The third kappa shape index (κ3) is 65.1. The highest BCUT2D eigenvalue weighted by atomic mass is 31.2. The van der Waals surface area contributed by atoms with Crippen molar-refractivity contribution in [3.63, 3.8) is 0 Å². The van der Waals surface area contributed by atoms with Crippen molar-refractivity contribution in [1.29, 1.82) is 0 Å². The lowest BCUT2D eigenvalue weighted by Gasteiger charge is -2.21. The van der Waals surface area contributed by atoms with Crippen LogP contribution in [0.25, 0.3) is 0 Å². The number of phosphoric acid groups is 2. The van der Waals surface area contributed by atoms with Crippen LogP contribution in [0.1, 0.15) is 357 Å². The Labute approximate surface area is 556 Å². The standard InChI is InChI=1S/C72H140O17P2/c1-9-65(8)51-43-35-27-19-14-16-22-30-39-47-55-72(77)89-68(59-83-70(75)53-45-37-31-23-26-34-42-50-64(6)7)61-87-91(80,81)85-57-66(73)56-84-90(78,79)86-60-67(88-71(76)54-46-38-29-21-15-13-18-25-33-41-49-63(4)5)58-82-69(74)52-44-36-28-20-12-10-11-17-24-32-40-48-62(2)3/h62-68,73H,9-61H2,1-8H3,(H,78,79)(H,80,81)/t65?,66?,67-,68-/m1/s1. The molecule has 0 heterocycles. The molecule has 19 heteroatoms. The molecule has 540 valence electrons. The lowest BCUT2D eigenvalue weighted by Crippen LogP contribution is -2.30. The van der Waals surface area contributed by atoms with Gasteiger partial charge in [0.1, 0.15) is 19.3 Å². The average molecular weight is 1340 g/mol. The molecule has 0 amide bonds.